The van der Waals surface area contributed by atoms with Gasteiger partial charge in [-0.2, -0.15) is 17.5 Å². The Morgan fingerprint density at radius 3 is 2.32 bits per heavy atom. The molecule has 1 amide bonds. The Kier molecular flexibility index (Phi) is 6.97. The van der Waals surface area contributed by atoms with Crippen molar-refractivity contribution in [1.29, 1.82) is 0 Å². The quantitative estimate of drug-likeness (QED) is 0.674. The lowest BCUT2D eigenvalue weighted by atomic mass is 10.2. The molecule has 0 bridgehead atoms. The maximum absolute atomic E-state index is 13.6. The van der Waals surface area contributed by atoms with E-state index in [4.69, 9.17) is 0 Å². The van der Waals surface area contributed by atoms with Gasteiger partial charge >= 0.3 is 6.18 Å². The van der Waals surface area contributed by atoms with E-state index in [0.717, 1.165) is 22.5 Å². The number of hydrogen-bond acceptors (Lipinski definition) is 4. The maximum atomic E-state index is 13.6. The second-order valence-corrected chi connectivity index (χ2v) is 8.99. The van der Waals surface area contributed by atoms with Gasteiger partial charge < -0.3 is 10.2 Å². The van der Waals surface area contributed by atoms with Gasteiger partial charge in [-0.15, -0.1) is 0 Å². The number of rotatable bonds is 6. The average molecular weight is 459 g/mol. The largest absolute Gasteiger partial charge is 0.416 e. The van der Waals surface area contributed by atoms with Gasteiger partial charge in [-0.05, 0) is 30.3 Å². The Hall–Kier alpha value is -2.50. The van der Waals surface area contributed by atoms with Gasteiger partial charge in [-0.25, -0.2) is 12.8 Å². The number of para-hydroxylation sites is 1. The van der Waals surface area contributed by atoms with Gasteiger partial charge in [0.25, 0.3) is 0 Å². The molecule has 31 heavy (non-hydrogen) atoms. The molecule has 0 aromatic heterocycles. The molecule has 1 N–H and O–H groups in total. The van der Waals surface area contributed by atoms with Gasteiger partial charge in [0, 0.05) is 39.1 Å². The van der Waals surface area contributed by atoms with Crippen LogP contribution in [0.15, 0.2) is 53.4 Å². The van der Waals surface area contributed by atoms with Crippen LogP contribution in [0.1, 0.15) is 12.0 Å². The van der Waals surface area contributed by atoms with Gasteiger partial charge in [-0.3, -0.25) is 4.79 Å². The summed E-state index contributed by atoms with van der Waals surface area (Å²) in [6, 6.07) is 9.47. The van der Waals surface area contributed by atoms with Crippen LogP contribution in [0.3, 0.4) is 0 Å². The molecule has 3 rings (SSSR count). The fourth-order valence-corrected chi connectivity index (χ4v) is 4.68. The first-order valence-electron chi connectivity index (χ1n) is 9.51. The molecule has 0 unspecified atom stereocenters. The van der Waals surface area contributed by atoms with Crippen molar-refractivity contribution in [2.75, 3.05) is 38.0 Å². The Morgan fingerprint density at radius 2 is 1.68 bits per heavy atom. The van der Waals surface area contributed by atoms with E-state index in [1.807, 2.05) is 4.90 Å². The Morgan fingerprint density at radius 1 is 1.00 bits per heavy atom. The number of nitrogens with zero attached hydrogens (tertiary/aromatic N) is 2. The summed E-state index contributed by atoms with van der Waals surface area (Å²) in [5, 5.41) is 2.48. The number of halogens is 4. The number of carbonyl (C=O) groups is 1. The van der Waals surface area contributed by atoms with Gasteiger partial charge in [-0.1, -0.05) is 18.2 Å². The second kappa shape index (κ2) is 9.33. The van der Waals surface area contributed by atoms with E-state index >= 15 is 0 Å². The highest BCUT2D eigenvalue weighted by molar-refractivity contribution is 7.89. The molecule has 1 fully saturated rings. The second-order valence-electron chi connectivity index (χ2n) is 7.05. The van der Waals surface area contributed by atoms with Crippen LogP contribution < -0.4 is 5.32 Å². The number of amides is 1. The summed E-state index contributed by atoms with van der Waals surface area (Å²) >= 11 is 0. The van der Waals surface area contributed by atoms with Crippen LogP contribution >= 0.6 is 0 Å². The van der Waals surface area contributed by atoms with Crippen molar-refractivity contribution in [3.8, 4) is 0 Å². The van der Waals surface area contributed by atoms with Crippen molar-refractivity contribution in [2.24, 2.45) is 0 Å². The van der Waals surface area contributed by atoms with E-state index in [9.17, 15) is 30.8 Å². The minimum atomic E-state index is -4.63. The highest BCUT2D eigenvalue weighted by Gasteiger charge is 2.34. The third-order valence-corrected chi connectivity index (χ3v) is 6.83. The topological polar surface area (TPSA) is 69.7 Å². The number of anilines is 1. The van der Waals surface area contributed by atoms with Crippen molar-refractivity contribution >= 4 is 21.6 Å². The van der Waals surface area contributed by atoms with E-state index < -0.39 is 32.5 Å². The Balaban J connectivity index is 1.53. The molecule has 0 atom stereocenters. The summed E-state index contributed by atoms with van der Waals surface area (Å²) in [6.45, 7) is 1.18. The maximum Gasteiger partial charge on any atom is 0.416 e. The zero-order valence-electron chi connectivity index (χ0n) is 16.4. The van der Waals surface area contributed by atoms with E-state index in [-0.39, 0.29) is 31.1 Å². The molecule has 1 aliphatic heterocycles. The molecule has 11 heteroatoms. The number of hydrogen-bond donors (Lipinski definition) is 1. The number of benzene rings is 2. The smallest absolute Gasteiger partial charge is 0.324 e. The summed E-state index contributed by atoms with van der Waals surface area (Å²) in [5.41, 5.74) is -0.933. The van der Waals surface area contributed by atoms with E-state index in [1.54, 1.807) is 6.07 Å². The molecule has 2 aromatic carbocycles. The molecule has 168 valence electrons. The van der Waals surface area contributed by atoms with Crippen LogP contribution in [-0.2, 0) is 21.0 Å². The van der Waals surface area contributed by atoms with Crippen molar-refractivity contribution in [1.82, 2.24) is 9.21 Å². The molecule has 0 aliphatic carbocycles. The Labute approximate surface area is 177 Å². The van der Waals surface area contributed by atoms with Crippen LogP contribution in [0.25, 0.3) is 0 Å². The summed E-state index contributed by atoms with van der Waals surface area (Å²) in [6.07, 6.45) is -4.54. The van der Waals surface area contributed by atoms with Crippen molar-refractivity contribution in [3.63, 3.8) is 0 Å². The highest BCUT2D eigenvalue weighted by Crippen LogP contribution is 2.31. The number of carbonyl (C=O) groups excluding carboxylic acids is 1. The van der Waals surface area contributed by atoms with Crippen molar-refractivity contribution in [2.45, 2.75) is 17.5 Å². The lowest BCUT2D eigenvalue weighted by molar-refractivity contribution is -0.137. The number of nitrogens with one attached hydrogen (secondary N) is 1. The average Bonchev–Trinajstić information content (AvgIpc) is 2.74. The summed E-state index contributed by atoms with van der Waals surface area (Å²) in [4.78, 5) is 13.5. The Bertz CT molecular complexity index is 1040. The molecule has 1 heterocycles. The highest BCUT2D eigenvalue weighted by atomic mass is 32.2. The number of alkyl halides is 3. The molecule has 0 saturated carbocycles. The van der Waals surface area contributed by atoms with Gasteiger partial charge in [0.2, 0.25) is 15.9 Å². The monoisotopic (exact) mass is 459 g/mol. The van der Waals surface area contributed by atoms with Gasteiger partial charge in [0.05, 0.1) is 16.1 Å². The number of sulfonamides is 1. The zero-order valence-corrected chi connectivity index (χ0v) is 17.2. The minimum Gasteiger partial charge on any atom is -0.324 e. The van der Waals surface area contributed by atoms with Crippen molar-refractivity contribution in [3.05, 3.63) is 59.9 Å². The molecule has 1 aliphatic rings. The lowest BCUT2D eigenvalue weighted by Crippen LogP contribution is -2.49. The SMILES string of the molecule is O=C(CCN1CCN(S(=O)(=O)c2cccc(C(F)(F)F)c2)CC1)Nc1ccccc1F. The first kappa shape index (κ1) is 23.2. The summed E-state index contributed by atoms with van der Waals surface area (Å²) in [5.74, 6) is -0.909. The molecule has 1 saturated heterocycles. The van der Waals surface area contributed by atoms with E-state index in [1.165, 1.54) is 18.2 Å². The fourth-order valence-electron chi connectivity index (χ4n) is 3.21. The molecule has 0 radical (unpaired) electrons. The number of piperazine rings is 1. The van der Waals surface area contributed by atoms with Crippen LogP contribution in [0.4, 0.5) is 23.2 Å². The van der Waals surface area contributed by atoms with E-state index in [2.05, 4.69) is 5.32 Å². The van der Waals surface area contributed by atoms with Crippen molar-refractivity contribution < 1.29 is 30.8 Å². The van der Waals surface area contributed by atoms with Gasteiger partial charge in [0.15, 0.2) is 0 Å². The predicted molar refractivity (Wildman–Crippen MR) is 106 cm³/mol. The summed E-state index contributed by atoms with van der Waals surface area (Å²) < 4.78 is 78.8. The molecule has 2 aromatic rings. The van der Waals surface area contributed by atoms with Crippen LogP contribution in [0.2, 0.25) is 0 Å². The molecular formula is C20H21F4N3O3S. The fraction of sp³-hybridized carbons (Fsp3) is 0.350. The third kappa shape index (κ3) is 5.81. The summed E-state index contributed by atoms with van der Waals surface area (Å²) in [7, 11) is -4.06. The normalized spacial score (nSPS) is 16.3. The first-order valence-corrected chi connectivity index (χ1v) is 11.0. The predicted octanol–water partition coefficient (Wildman–Crippen LogP) is 3.18. The molecule has 6 nitrogen and oxygen atoms in total. The standard InChI is InChI=1S/C20H21F4N3O3S/c21-17-6-1-2-7-18(17)25-19(28)8-9-26-10-12-27(13-11-26)31(29,30)16-5-3-4-15(14-16)20(22,23)24/h1-7,14H,8-13H2,(H,25,28). The lowest BCUT2D eigenvalue weighted by Gasteiger charge is -2.33. The van der Waals surface area contributed by atoms with Crippen LogP contribution in [-0.4, -0.2) is 56.3 Å². The minimum absolute atomic E-state index is 0.0875. The van der Waals surface area contributed by atoms with E-state index in [0.29, 0.717) is 25.7 Å². The zero-order chi connectivity index (χ0) is 22.6. The van der Waals surface area contributed by atoms with Crippen LogP contribution in [0, 0.1) is 5.82 Å². The molecular weight excluding hydrogens is 438 g/mol. The van der Waals surface area contributed by atoms with Crippen LogP contribution in [0.5, 0.6) is 0 Å². The van der Waals surface area contributed by atoms with Gasteiger partial charge in [0.1, 0.15) is 5.82 Å². The third-order valence-electron chi connectivity index (χ3n) is 4.93. The molecule has 0 spiro atoms. The first-order chi connectivity index (χ1) is 14.6.